The monoisotopic (exact) mass is 457 g/mol. The van der Waals surface area contributed by atoms with Crippen molar-refractivity contribution in [3.8, 4) is 0 Å². The summed E-state index contributed by atoms with van der Waals surface area (Å²) in [5.74, 6) is 4.20. The van der Waals surface area contributed by atoms with E-state index in [0.717, 1.165) is 54.4 Å². The number of hydrogen-bond acceptors (Lipinski definition) is 2. The highest BCUT2D eigenvalue weighted by molar-refractivity contribution is 5.78. The van der Waals surface area contributed by atoms with Gasteiger partial charge in [0.1, 0.15) is 0 Å². The van der Waals surface area contributed by atoms with E-state index < -0.39 is 0 Å². The van der Waals surface area contributed by atoms with Gasteiger partial charge < -0.3 is 5.11 Å². The molecule has 4 aliphatic rings. The van der Waals surface area contributed by atoms with Crippen LogP contribution < -0.4 is 0 Å². The van der Waals surface area contributed by atoms with Crippen molar-refractivity contribution >= 4 is 10.9 Å². The van der Waals surface area contributed by atoms with Crippen molar-refractivity contribution in [1.29, 1.82) is 0 Å². The highest BCUT2D eigenvalue weighted by Crippen LogP contribution is 2.67. The molecule has 6 rings (SSSR count). The molecule has 1 heterocycles. The average Bonchev–Trinajstić information content (AvgIpc) is 3.20. The maximum Gasteiger partial charge on any atom is 0.0705 e. The Bertz CT molecular complexity index is 1090. The molecule has 1 aromatic carbocycles. The Morgan fingerprint density at radius 3 is 2.74 bits per heavy atom. The van der Waals surface area contributed by atoms with Crippen LogP contribution in [0, 0.1) is 40.4 Å². The summed E-state index contributed by atoms with van der Waals surface area (Å²) in [7, 11) is 0. The third-order valence-electron chi connectivity index (χ3n) is 11.4. The fourth-order valence-electron chi connectivity index (χ4n) is 9.44. The largest absolute Gasteiger partial charge is 0.393 e. The van der Waals surface area contributed by atoms with E-state index in [1.807, 2.05) is 0 Å². The third-order valence-corrected chi connectivity index (χ3v) is 11.4. The molecular formula is C32H43NO. The molecule has 4 aliphatic carbocycles. The van der Waals surface area contributed by atoms with Crippen LogP contribution in [0.2, 0.25) is 0 Å². The Labute approximate surface area is 206 Å². The lowest BCUT2D eigenvalue weighted by atomic mass is 9.47. The first-order chi connectivity index (χ1) is 16.4. The number of para-hydroxylation sites is 1. The molecule has 3 fully saturated rings. The second-order valence-corrected chi connectivity index (χ2v) is 12.9. The Kier molecular flexibility index (Phi) is 5.67. The summed E-state index contributed by atoms with van der Waals surface area (Å²) >= 11 is 0. The van der Waals surface area contributed by atoms with Crippen molar-refractivity contribution in [1.82, 2.24) is 4.98 Å². The number of aromatic nitrogens is 1. The van der Waals surface area contributed by atoms with Gasteiger partial charge >= 0.3 is 0 Å². The number of fused-ring (bicyclic) bond motifs is 6. The van der Waals surface area contributed by atoms with Gasteiger partial charge in [-0.1, -0.05) is 56.7 Å². The minimum atomic E-state index is -0.0986. The first-order valence-electron chi connectivity index (χ1n) is 14.1. The number of hydrogen-bond donors (Lipinski definition) is 1. The lowest BCUT2D eigenvalue weighted by Gasteiger charge is -2.58. The molecule has 8 atom stereocenters. The van der Waals surface area contributed by atoms with E-state index >= 15 is 0 Å². The fourth-order valence-corrected chi connectivity index (χ4v) is 9.44. The van der Waals surface area contributed by atoms with Crippen molar-refractivity contribution < 1.29 is 5.11 Å². The van der Waals surface area contributed by atoms with E-state index in [-0.39, 0.29) is 6.10 Å². The van der Waals surface area contributed by atoms with Crippen LogP contribution in [0.15, 0.2) is 48.0 Å². The van der Waals surface area contributed by atoms with Gasteiger partial charge in [-0.25, -0.2) is 0 Å². The predicted octanol–water partition coefficient (Wildman–Crippen LogP) is 7.74. The van der Waals surface area contributed by atoms with E-state index in [0.29, 0.717) is 10.8 Å². The number of aliphatic hydroxyl groups is 1. The molecule has 182 valence electrons. The Morgan fingerprint density at radius 1 is 1.00 bits per heavy atom. The van der Waals surface area contributed by atoms with Crippen LogP contribution in [0.1, 0.15) is 84.3 Å². The van der Waals surface area contributed by atoms with Crippen LogP contribution in [0.3, 0.4) is 0 Å². The molecule has 2 aromatic rings. The zero-order chi connectivity index (χ0) is 23.5. The first kappa shape index (κ1) is 22.8. The van der Waals surface area contributed by atoms with Gasteiger partial charge in [0.15, 0.2) is 0 Å². The number of aliphatic hydroxyl groups excluding tert-OH is 1. The standard InChI is InChI=1S/C32H43NO/c1-21(8-11-24-12-9-22-6-4-5-7-30(22)33-24)27-14-15-28-26-13-10-23-20-25(34)16-18-31(23,2)29(26)17-19-32(27,28)3/h4-7,9-10,12,21,25-29,34H,8,11,13-20H2,1-3H3/t21?,25-,26-,27+,28-,29-,31-,32+/m0/s1. The number of pyridine rings is 1. The molecule has 0 aliphatic heterocycles. The number of aryl methyl sites for hydroxylation is 1. The molecule has 0 bridgehead atoms. The van der Waals surface area contributed by atoms with Crippen molar-refractivity contribution in [3.05, 3.63) is 53.7 Å². The predicted molar refractivity (Wildman–Crippen MR) is 140 cm³/mol. The van der Waals surface area contributed by atoms with Crippen molar-refractivity contribution in [2.45, 2.75) is 91.1 Å². The second-order valence-electron chi connectivity index (χ2n) is 12.9. The maximum absolute atomic E-state index is 10.3. The van der Waals surface area contributed by atoms with Crippen LogP contribution in [-0.2, 0) is 6.42 Å². The van der Waals surface area contributed by atoms with Gasteiger partial charge in [0.25, 0.3) is 0 Å². The lowest BCUT2D eigenvalue weighted by Crippen LogP contribution is -2.50. The zero-order valence-electron chi connectivity index (χ0n) is 21.5. The summed E-state index contributed by atoms with van der Waals surface area (Å²) in [6.07, 6.45) is 14.9. The van der Waals surface area contributed by atoms with Gasteiger partial charge in [-0.3, -0.25) is 4.98 Å². The molecule has 1 aromatic heterocycles. The van der Waals surface area contributed by atoms with Crippen LogP contribution in [-0.4, -0.2) is 16.2 Å². The summed E-state index contributed by atoms with van der Waals surface area (Å²) in [4.78, 5) is 4.95. The summed E-state index contributed by atoms with van der Waals surface area (Å²) in [6.45, 7) is 7.76. The van der Waals surface area contributed by atoms with Gasteiger partial charge in [-0.15, -0.1) is 0 Å². The molecule has 2 nitrogen and oxygen atoms in total. The Morgan fingerprint density at radius 2 is 1.85 bits per heavy atom. The van der Waals surface area contributed by atoms with E-state index in [2.05, 4.69) is 63.2 Å². The van der Waals surface area contributed by atoms with E-state index in [1.165, 1.54) is 56.0 Å². The molecule has 2 heteroatoms. The average molecular weight is 458 g/mol. The minimum Gasteiger partial charge on any atom is -0.393 e. The molecule has 34 heavy (non-hydrogen) atoms. The quantitative estimate of drug-likeness (QED) is 0.476. The lowest BCUT2D eigenvalue weighted by molar-refractivity contribution is -0.0571. The molecular weight excluding hydrogens is 414 g/mol. The molecule has 0 amide bonds. The highest BCUT2D eigenvalue weighted by atomic mass is 16.3. The molecule has 0 radical (unpaired) electrons. The van der Waals surface area contributed by atoms with Crippen molar-refractivity contribution in [3.63, 3.8) is 0 Å². The van der Waals surface area contributed by atoms with Crippen molar-refractivity contribution in [2.75, 3.05) is 0 Å². The van der Waals surface area contributed by atoms with Gasteiger partial charge in [0.05, 0.1) is 11.6 Å². The summed E-state index contributed by atoms with van der Waals surface area (Å²) < 4.78 is 0. The zero-order valence-corrected chi connectivity index (χ0v) is 21.5. The van der Waals surface area contributed by atoms with Gasteiger partial charge in [-0.2, -0.15) is 0 Å². The van der Waals surface area contributed by atoms with Crippen LogP contribution in [0.25, 0.3) is 10.9 Å². The maximum atomic E-state index is 10.3. The molecule has 1 unspecified atom stereocenters. The molecule has 1 N–H and O–H groups in total. The highest BCUT2D eigenvalue weighted by Gasteiger charge is 2.59. The number of allylic oxidation sites excluding steroid dienone is 1. The summed E-state index contributed by atoms with van der Waals surface area (Å²) in [6, 6.07) is 13.0. The smallest absolute Gasteiger partial charge is 0.0705 e. The normalized spacial score (nSPS) is 40.2. The fraction of sp³-hybridized carbons (Fsp3) is 0.656. The third kappa shape index (κ3) is 3.58. The second kappa shape index (κ2) is 8.47. The van der Waals surface area contributed by atoms with Gasteiger partial charge in [0, 0.05) is 11.1 Å². The molecule has 0 saturated heterocycles. The SMILES string of the molecule is CC(CCc1ccc2ccccc2n1)[C@H]1CC[C@H]2[C@@H]3CC=C4C[C@@H](O)CC[C@]4(C)[C@H]3CC[C@]12C. The number of nitrogens with zero attached hydrogens (tertiary/aromatic N) is 1. The van der Waals surface area contributed by atoms with E-state index in [9.17, 15) is 5.11 Å². The van der Waals surface area contributed by atoms with Crippen molar-refractivity contribution in [2.24, 2.45) is 40.4 Å². The summed E-state index contributed by atoms with van der Waals surface area (Å²) in [5, 5.41) is 11.5. The minimum absolute atomic E-state index is 0.0986. The molecule has 0 spiro atoms. The van der Waals surface area contributed by atoms with Crippen LogP contribution in [0.5, 0.6) is 0 Å². The number of benzene rings is 1. The molecule has 3 saturated carbocycles. The van der Waals surface area contributed by atoms with Crippen LogP contribution >= 0.6 is 0 Å². The Balaban J connectivity index is 1.16. The summed E-state index contributed by atoms with van der Waals surface area (Å²) in [5.41, 5.74) is 4.85. The topological polar surface area (TPSA) is 33.1 Å². The van der Waals surface area contributed by atoms with Gasteiger partial charge in [0.2, 0.25) is 0 Å². The Hall–Kier alpha value is -1.67. The van der Waals surface area contributed by atoms with Gasteiger partial charge in [-0.05, 0) is 117 Å². The van der Waals surface area contributed by atoms with Crippen LogP contribution in [0.4, 0.5) is 0 Å². The van der Waals surface area contributed by atoms with E-state index in [4.69, 9.17) is 4.98 Å². The first-order valence-corrected chi connectivity index (χ1v) is 14.1. The van der Waals surface area contributed by atoms with E-state index in [1.54, 1.807) is 5.57 Å². The number of rotatable bonds is 4.